The van der Waals surface area contributed by atoms with Crippen molar-refractivity contribution in [3.05, 3.63) is 71.3 Å². The number of ether oxygens (including phenoxy) is 1. The summed E-state index contributed by atoms with van der Waals surface area (Å²) >= 11 is 0. The zero-order chi connectivity index (χ0) is 21.8. The predicted octanol–water partition coefficient (Wildman–Crippen LogP) is 2.03. The van der Waals surface area contributed by atoms with Crippen LogP contribution in [-0.4, -0.2) is 56.9 Å². The zero-order valence-corrected chi connectivity index (χ0v) is 18.0. The van der Waals surface area contributed by atoms with E-state index >= 15 is 0 Å². The van der Waals surface area contributed by atoms with E-state index in [-0.39, 0.29) is 17.9 Å². The number of likely N-dealkylation sites (tertiary alicyclic amines) is 1. The van der Waals surface area contributed by atoms with Crippen LogP contribution >= 0.6 is 0 Å². The summed E-state index contributed by atoms with van der Waals surface area (Å²) in [4.78, 5) is 38.4. The van der Waals surface area contributed by atoms with Gasteiger partial charge in [-0.15, -0.1) is 0 Å². The lowest BCUT2D eigenvalue weighted by atomic mass is 9.76. The molecule has 1 aromatic heterocycles. The normalized spacial score (nSPS) is 28.3. The monoisotopic (exact) mass is 418 g/mol. The van der Waals surface area contributed by atoms with Gasteiger partial charge in [-0.05, 0) is 36.6 Å². The fourth-order valence-electron chi connectivity index (χ4n) is 5.10. The summed E-state index contributed by atoms with van der Waals surface area (Å²) in [5.41, 5.74) is 3.59. The summed E-state index contributed by atoms with van der Waals surface area (Å²) in [6.07, 6.45) is 6.72. The molecule has 4 atom stereocenters. The van der Waals surface area contributed by atoms with Gasteiger partial charge in [0.05, 0.1) is 36.7 Å². The first-order valence-electron chi connectivity index (χ1n) is 10.6. The predicted molar refractivity (Wildman–Crippen MR) is 114 cm³/mol. The fourth-order valence-corrected chi connectivity index (χ4v) is 5.10. The molecule has 2 aromatic rings. The van der Waals surface area contributed by atoms with Crippen molar-refractivity contribution in [2.45, 2.75) is 38.6 Å². The summed E-state index contributed by atoms with van der Waals surface area (Å²) < 4.78 is 6.25. The second-order valence-electron chi connectivity index (χ2n) is 8.91. The first-order valence-corrected chi connectivity index (χ1v) is 10.6. The summed E-state index contributed by atoms with van der Waals surface area (Å²) in [5.74, 6) is -1.07. The third-order valence-corrected chi connectivity index (χ3v) is 6.83. The van der Waals surface area contributed by atoms with Crippen LogP contribution in [0.25, 0.3) is 0 Å². The highest BCUT2D eigenvalue weighted by Crippen LogP contribution is 2.52. The maximum atomic E-state index is 13.4. The molecule has 1 spiro atoms. The van der Waals surface area contributed by atoms with Crippen molar-refractivity contribution < 1.29 is 14.3 Å². The van der Waals surface area contributed by atoms with Gasteiger partial charge in [-0.2, -0.15) is 0 Å². The van der Waals surface area contributed by atoms with Gasteiger partial charge in [0.15, 0.2) is 0 Å². The minimum absolute atomic E-state index is 0.00105. The van der Waals surface area contributed by atoms with Crippen LogP contribution in [0.4, 0.5) is 0 Å². The van der Waals surface area contributed by atoms with Gasteiger partial charge in [-0.25, -0.2) is 9.97 Å². The van der Waals surface area contributed by atoms with Crippen LogP contribution < -0.4 is 0 Å². The molecular formula is C24H26N4O3. The van der Waals surface area contributed by atoms with Gasteiger partial charge < -0.3 is 14.5 Å². The van der Waals surface area contributed by atoms with Gasteiger partial charge in [0.1, 0.15) is 11.9 Å². The number of carbonyl (C=O) groups is 2. The van der Waals surface area contributed by atoms with Crippen LogP contribution in [0.5, 0.6) is 0 Å². The summed E-state index contributed by atoms with van der Waals surface area (Å²) in [7, 11) is 1.75. The Bertz CT molecular complexity index is 1070. The van der Waals surface area contributed by atoms with Crippen LogP contribution in [0.2, 0.25) is 0 Å². The van der Waals surface area contributed by atoms with E-state index in [1.807, 2.05) is 17.1 Å². The number of aryl methyl sites for hydroxylation is 2. The Morgan fingerprint density at radius 2 is 2.13 bits per heavy atom. The smallest absolute Gasteiger partial charge is 0.230 e. The molecule has 3 aliphatic rings. The molecule has 3 aliphatic heterocycles. The number of nitrogens with zero attached hydrogens (tertiary/aromatic N) is 4. The third kappa shape index (κ3) is 3.24. The minimum Gasteiger partial charge on any atom is -0.360 e. The Morgan fingerprint density at radius 1 is 1.29 bits per heavy atom. The number of amides is 2. The second kappa shape index (κ2) is 7.27. The molecule has 4 heterocycles. The summed E-state index contributed by atoms with van der Waals surface area (Å²) in [5, 5.41) is 0. The molecule has 0 N–H and O–H groups in total. The van der Waals surface area contributed by atoms with Crippen LogP contribution in [0.15, 0.2) is 48.9 Å². The SMILES string of the molecule is Cc1ccc(CN2C[C@]34C=C[C@H](O3)[C@@H](C(=O)N(C)Cc3ccncn3)[C@H]4C2=O)cc1C. The molecule has 7 nitrogen and oxygen atoms in total. The quantitative estimate of drug-likeness (QED) is 0.695. The number of benzene rings is 1. The molecule has 0 aliphatic carbocycles. The van der Waals surface area contributed by atoms with E-state index in [0.717, 1.165) is 11.3 Å². The van der Waals surface area contributed by atoms with Crippen molar-refractivity contribution in [3.63, 3.8) is 0 Å². The van der Waals surface area contributed by atoms with E-state index in [9.17, 15) is 9.59 Å². The molecule has 0 radical (unpaired) electrons. The molecule has 2 fully saturated rings. The minimum atomic E-state index is -0.697. The Hall–Kier alpha value is -3.06. The Labute approximate surface area is 181 Å². The molecule has 2 amide bonds. The average Bonchev–Trinajstić information content (AvgIpc) is 3.39. The molecule has 0 saturated carbocycles. The van der Waals surface area contributed by atoms with Gasteiger partial charge in [0.2, 0.25) is 11.8 Å². The van der Waals surface area contributed by atoms with Crippen molar-refractivity contribution in [1.82, 2.24) is 19.8 Å². The van der Waals surface area contributed by atoms with Crippen LogP contribution in [0.1, 0.15) is 22.4 Å². The lowest BCUT2D eigenvalue weighted by molar-refractivity contribution is -0.142. The number of carbonyl (C=O) groups excluding carboxylic acids is 2. The fraction of sp³-hybridized carbons (Fsp3) is 0.417. The van der Waals surface area contributed by atoms with Gasteiger partial charge in [0, 0.05) is 19.8 Å². The molecular weight excluding hydrogens is 392 g/mol. The summed E-state index contributed by atoms with van der Waals surface area (Å²) in [6.45, 7) is 5.53. The number of rotatable bonds is 5. The summed E-state index contributed by atoms with van der Waals surface area (Å²) in [6, 6.07) is 8.06. The highest BCUT2D eigenvalue weighted by atomic mass is 16.5. The number of fused-ring (bicyclic) bond motifs is 1. The van der Waals surface area contributed by atoms with E-state index in [1.165, 1.54) is 17.5 Å². The van der Waals surface area contributed by atoms with Crippen molar-refractivity contribution in [1.29, 1.82) is 0 Å². The molecule has 5 rings (SSSR count). The maximum Gasteiger partial charge on any atom is 0.230 e. The van der Waals surface area contributed by atoms with Crippen LogP contribution in [0, 0.1) is 25.7 Å². The number of hydrogen-bond donors (Lipinski definition) is 0. The van der Waals surface area contributed by atoms with E-state index in [2.05, 4.69) is 42.0 Å². The average molecular weight is 418 g/mol. The molecule has 0 unspecified atom stereocenters. The van der Waals surface area contributed by atoms with E-state index in [4.69, 9.17) is 4.74 Å². The first kappa shape index (κ1) is 19.9. The molecule has 7 heteroatoms. The van der Waals surface area contributed by atoms with E-state index in [1.54, 1.807) is 24.2 Å². The topological polar surface area (TPSA) is 75.6 Å². The third-order valence-electron chi connectivity index (χ3n) is 6.83. The standard InChI is InChI=1S/C24H26N4O3/c1-15-4-5-17(10-16(15)2)11-28-13-24-8-6-19(31-24)20(21(24)23(28)30)22(29)27(3)12-18-7-9-25-14-26-18/h4-10,14,19-21H,11-13H2,1-3H3/t19-,20+,21-,24-/m0/s1. The molecule has 1 aromatic carbocycles. The molecule has 2 bridgehead atoms. The Morgan fingerprint density at radius 3 is 2.87 bits per heavy atom. The van der Waals surface area contributed by atoms with Gasteiger partial charge in [-0.3, -0.25) is 9.59 Å². The van der Waals surface area contributed by atoms with Crippen molar-refractivity contribution in [3.8, 4) is 0 Å². The number of hydrogen-bond acceptors (Lipinski definition) is 5. The van der Waals surface area contributed by atoms with Crippen molar-refractivity contribution in [2.75, 3.05) is 13.6 Å². The van der Waals surface area contributed by atoms with Gasteiger partial charge >= 0.3 is 0 Å². The van der Waals surface area contributed by atoms with Gasteiger partial charge in [0.25, 0.3) is 0 Å². The second-order valence-corrected chi connectivity index (χ2v) is 8.91. The Kier molecular flexibility index (Phi) is 4.66. The lowest BCUT2D eigenvalue weighted by Crippen LogP contribution is -2.44. The van der Waals surface area contributed by atoms with E-state index in [0.29, 0.717) is 19.6 Å². The van der Waals surface area contributed by atoms with Crippen LogP contribution in [0.3, 0.4) is 0 Å². The van der Waals surface area contributed by atoms with Crippen LogP contribution in [-0.2, 0) is 27.4 Å². The molecule has 2 saturated heterocycles. The van der Waals surface area contributed by atoms with Crippen molar-refractivity contribution >= 4 is 11.8 Å². The largest absolute Gasteiger partial charge is 0.360 e. The van der Waals surface area contributed by atoms with Gasteiger partial charge in [-0.1, -0.05) is 30.4 Å². The Balaban J connectivity index is 1.36. The maximum absolute atomic E-state index is 13.4. The highest BCUT2D eigenvalue weighted by Gasteiger charge is 2.67. The highest BCUT2D eigenvalue weighted by molar-refractivity contribution is 5.93. The van der Waals surface area contributed by atoms with Crippen molar-refractivity contribution in [2.24, 2.45) is 11.8 Å². The lowest BCUT2D eigenvalue weighted by Gasteiger charge is -2.27. The molecule has 160 valence electrons. The number of aromatic nitrogens is 2. The molecule has 31 heavy (non-hydrogen) atoms. The zero-order valence-electron chi connectivity index (χ0n) is 18.0. The van der Waals surface area contributed by atoms with E-state index < -0.39 is 17.4 Å². The first-order chi connectivity index (χ1) is 14.9.